The van der Waals surface area contributed by atoms with Crippen LogP contribution in [0.15, 0.2) is 0 Å². The van der Waals surface area contributed by atoms with Gasteiger partial charge in [0.2, 0.25) is 0 Å². The molecule has 1 N–H and O–H groups in total. The average Bonchev–Trinajstić information content (AvgIpc) is 3.02. The highest BCUT2D eigenvalue weighted by molar-refractivity contribution is 5.94. The van der Waals surface area contributed by atoms with Crippen molar-refractivity contribution in [1.29, 1.82) is 0 Å². The normalized spacial score (nSPS) is 18.9. The van der Waals surface area contributed by atoms with Gasteiger partial charge in [0.15, 0.2) is 5.69 Å². The third kappa shape index (κ3) is 4.43. The molecule has 1 fully saturated rings. The van der Waals surface area contributed by atoms with Gasteiger partial charge in [-0.25, -0.2) is 4.79 Å². The zero-order valence-corrected chi connectivity index (χ0v) is 17.0. The highest BCUT2D eigenvalue weighted by atomic mass is 16.6. The van der Waals surface area contributed by atoms with Crippen molar-refractivity contribution in [3.8, 4) is 0 Å². The second kappa shape index (κ2) is 7.50. The van der Waals surface area contributed by atoms with E-state index in [2.05, 4.69) is 22.1 Å². The fraction of sp³-hybridized carbons (Fsp3) is 0.737. The Morgan fingerprint density at radius 3 is 2.52 bits per heavy atom. The number of hydrogen-bond donors (Lipinski definition) is 1. The summed E-state index contributed by atoms with van der Waals surface area (Å²) in [4.78, 5) is 31.2. The van der Waals surface area contributed by atoms with Crippen LogP contribution >= 0.6 is 0 Å². The van der Waals surface area contributed by atoms with Crippen molar-refractivity contribution in [2.75, 3.05) is 33.7 Å². The number of carbonyl (C=O) groups is 2. The first kappa shape index (κ1) is 19.7. The smallest absolute Gasteiger partial charge is 0.410 e. The van der Waals surface area contributed by atoms with Crippen LogP contribution in [0.25, 0.3) is 0 Å². The fourth-order valence-corrected chi connectivity index (χ4v) is 3.67. The number of amides is 2. The van der Waals surface area contributed by atoms with Crippen molar-refractivity contribution < 1.29 is 14.3 Å². The van der Waals surface area contributed by atoms with Crippen molar-refractivity contribution in [3.05, 3.63) is 17.0 Å². The van der Waals surface area contributed by atoms with Crippen molar-refractivity contribution in [1.82, 2.24) is 24.9 Å². The molecule has 3 rings (SSSR count). The Morgan fingerprint density at radius 2 is 1.89 bits per heavy atom. The molecule has 150 valence electrons. The van der Waals surface area contributed by atoms with E-state index in [0.29, 0.717) is 25.2 Å². The van der Waals surface area contributed by atoms with Gasteiger partial charge in [-0.05, 0) is 53.8 Å². The average molecular weight is 377 g/mol. The molecule has 0 saturated carbocycles. The number of aromatic nitrogens is 2. The lowest BCUT2D eigenvalue weighted by Gasteiger charge is -2.35. The van der Waals surface area contributed by atoms with E-state index in [1.807, 2.05) is 32.7 Å². The molecule has 1 aromatic rings. The van der Waals surface area contributed by atoms with Crippen molar-refractivity contribution in [2.24, 2.45) is 0 Å². The molecule has 27 heavy (non-hydrogen) atoms. The van der Waals surface area contributed by atoms with Gasteiger partial charge in [0.05, 0.1) is 6.54 Å². The first-order valence-corrected chi connectivity index (χ1v) is 9.65. The number of aromatic amines is 1. The monoisotopic (exact) mass is 377 g/mol. The van der Waals surface area contributed by atoms with Gasteiger partial charge in [0.25, 0.3) is 5.91 Å². The molecule has 2 aliphatic rings. The summed E-state index contributed by atoms with van der Waals surface area (Å²) in [5.74, 6) is -0.0758. The van der Waals surface area contributed by atoms with Crippen LogP contribution in [0, 0.1) is 0 Å². The molecule has 8 heteroatoms. The zero-order valence-electron chi connectivity index (χ0n) is 17.0. The van der Waals surface area contributed by atoms with Crippen LogP contribution in [0.2, 0.25) is 0 Å². The highest BCUT2D eigenvalue weighted by Crippen LogP contribution is 2.24. The highest BCUT2D eigenvalue weighted by Gasteiger charge is 2.33. The second-order valence-corrected chi connectivity index (χ2v) is 8.63. The predicted octanol–water partition coefficient (Wildman–Crippen LogP) is 1.87. The molecular formula is C19H31N5O3. The molecule has 0 bridgehead atoms. The number of nitrogens with zero attached hydrogens (tertiary/aromatic N) is 4. The van der Waals surface area contributed by atoms with Crippen LogP contribution in [0.3, 0.4) is 0 Å². The maximum absolute atomic E-state index is 13.1. The lowest BCUT2D eigenvalue weighted by atomic mass is 10.0. The third-order valence-corrected chi connectivity index (χ3v) is 5.34. The summed E-state index contributed by atoms with van der Waals surface area (Å²) in [7, 11) is 3.96. The van der Waals surface area contributed by atoms with Gasteiger partial charge < -0.3 is 19.4 Å². The van der Waals surface area contributed by atoms with Gasteiger partial charge in [-0.3, -0.25) is 9.89 Å². The minimum absolute atomic E-state index is 0.0758. The van der Waals surface area contributed by atoms with Crippen molar-refractivity contribution >= 4 is 12.0 Å². The van der Waals surface area contributed by atoms with Crippen LogP contribution in [0.4, 0.5) is 4.79 Å². The van der Waals surface area contributed by atoms with Crippen molar-refractivity contribution in [2.45, 2.75) is 58.2 Å². The molecule has 0 atom stereocenters. The predicted molar refractivity (Wildman–Crippen MR) is 102 cm³/mol. The number of piperidine rings is 1. The number of H-pyrrole nitrogens is 1. The Labute approximate surface area is 160 Å². The van der Waals surface area contributed by atoms with Gasteiger partial charge in [0, 0.05) is 37.3 Å². The molecule has 1 saturated heterocycles. The van der Waals surface area contributed by atoms with E-state index >= 15 is 0 Å². The summed E-state index contributed by atoms with van der Waals surface area (Å²) in [6.45, 7) is 8.45. The summed E-state index contributed by atoms with van der Waals surface area (Å²) in [6.07, 6.45) is 2.23. The number of fused-ring (bicyclic) bond motifs is 1. The Bertz CT molecular complexity index is 701. The molecule has 2 amide bonds. The lowest BCUT2D eigenvalue weighted by molar-refractivity contribution is 0.0221. The largest absolute Gasteiger partial charge is 0.444 e. The number of ether oxygens (including phenoxy) is 1. The summed E-state index contributed by atoms with van der Waals surface area (Å²) in [5, 5.41) is 7.29. The maximum Gasteiger partial charge on any atom is 0.410 e. The summed E-state index contributed by atoms with van der Waals surface area (Å²) >= 11 is 0. The van der Waals surface area contributed by atoms with Crippen LogP contribution in [0.5, 0.6) is 0 Å². The quantitative estimate of drug-likeness (QED) is 0.851. The Kier molecular flexibility index (Phi) is 5.46. The number of carbonyl (C=O) groups excluding carboxylic acids is 2. The topological polar surface area (TPSA) is 81.8 Å². The van der Waals surface area contributed by atoms with E-state index in [0.717, 1.165) is 37.2 Å². The molecule has 2 aliphatic heterocycles. The van der Waals surface area contributed by atoms with Crippen LogP contribution in [-0.4, -0.2) is 82.3 Å². The Morgan fingerprint density at radius 1 is 1.22 bits per heavy atom. The molecule has 0 unspecified atom stereocenters. The van der Waals surface area contributed by atoms with Gasteiger partial charge in [0.1, 0.15) is 5.60 Å². The van der Waals surface area contributed by atoms with E-state index in [-0.39, 0.29) is 18.0 Å². The second-order valence-electron chi connectivity index (χ2n) is 8.63. The standard InChI is InChI=1S/C19H31N5O3/c1-19(2,3)27-18(26)24-11-8-15-14(12-24)16(21-20-15)17(25)23(5)13-6-9-22(4)10-7-13/h13H,6-12H2,1-5H3,(H,20,21). The molecular weight excluding hydrogens is 346 g/mol. The van der Waals surface area contributed by atoms with Crippen molar-refractivity contribution in [3.63, 3.8) is 0 Å². The molecule has 0 radical (unpaired) electrons. The van der Waals surface area contributed by atoms with Crippen LogP contribution in [0.1, 0.15) is 55.4 Å². The Hall–Kier alpha value is -2.09. The zero-order chi connectivity index (χ0) is 19.8. The summed E-state index contributed by atoms with van der Waals surface area (Å²) in [5.41, 5.74) is 1.65. The molecule has 0 aromatic carbocycles. The van der Waals surface area contributed by atoms with E-state index in [1.165, 1.54) is 0 Å². The molecule has 1 aromatic heterocycles. The number of likely N-dealkylation sites (tertiary alicyclic amines) is 1. The SMILES string of the molecule is CN1CCC(N(C)C(=O)c2n[nH]c3c2CN(C(=O)OC(C)(C)C)CC3)CC1. The van der Waals surface area contributed by atoms with E-state index in [1.54, 1.807) is 4.90 Å². The minimum atomic E-state index is -0.541. The van der Waals surface area contributed by atoms with E-state index < -0.39 is 5.60 Å². The minimum Gasteiger partial charge on any atom is -0.444 e. The fourth-order valence-electron chi connectivity index (χ4n) is 3.67. The Balaban J connectivity index is 1.71. The third-order valence-electron chi connectivity index (χ3n) is 5.34. The van der Waals surface area contributed by atoms with E-state index in [9.17, 15) is 9.59 Å². The van der Waals surface area contributed by atoms with E-state index in [4.69, 9.17) is 4.74 Å². The number of rotatable bonds is 2. The number of hydrogen-bond acceptors (Lipinski definition) is 5. The molecule has 0 spiro atoms. The van der Waals surface area contributed by atoms with Gasteiger partial charge >= 0.3 is 6.09 Å². The lowest BCUT2D eigenvalue weighted by Crippen LogP contribution is -2.45. The van der Waals surface area contributed by atoms with Crippen LogP contribution < -0.4 is 0 Å². The molecule has 3 heterocycles. The summed E-state index contributed by atoms with van der Waals surface area (Å²) in [6, 6.07) is 0.228. The first-order valence-electron chi connectivity index (χ1n) is 9.65. The van der Waals surface area contributed by atoms with Gasteiger partial charge in [-0.1, -0.05) is 0 Å². The maximum atomic E-state index is 13.1. The van der Waals surface area contributed by atoms with Crippen LogP contribution in [-0.2, 0) is 17.7 Å². The molecule has 0 aliphatic carbocycles. The summed E-state index contributed by atoms with van der Waals surface area (Å²) < 4.78 is 5.48. The van der Waals surface area contributed by atoms with Gasteiger partial charge in [-0.2, -0.15) is 5.10 Å². The molecule has 8 nitrogen and oxygen atoms in total. The first-order chi connectivity index (χ1) is 12.7. The van der Waals surface area contributed by atoms with Gasteiger partial charge in [-0.15, -0.1) is 0 Å². The number of nitrogens with one attached hydrogen (secondary N) is 1.